The first-order valence-corrected chi connectivity index (χ1v) is 7.82. The molecule has 0 spiro atoms. The summed E-state index contributed by atoms with van der Waals surface area (Å²) in [6.45, 7) is 0. The van der Waals surface area contributed by atoms with Gasteiger partial charge in [0, 0.05) is 12.1 Å². The highest BCUT2D eigenvalue weighted by Gasteiger charge is 2.26. The van der Waals surface area contributed by atoms with Gasteiger partial charge >= 0.3 is 5.97 Å². The van der Waals surface area contributed by atoms with Crippen LogP contribution in [0.5, 0.6) is 0 Å². The van der Waals surface area contributed by atoms with Gasteiger partial charge in [-0.1, -0.05) is 24.3 Å². The molecule has 0 saturated carbocycles. The molecule has 0 bridgehead atoms. The fraction of sp³-hybridized carbons (Fsp3) is 0.100. The Morgan fingerprint density at radius 3 is 2.08 bits per heavy atom. The SMILES string of the molecule is COC(=O)c1c(C(c2cccc(F)c2)c2cccc(F)c2)cc[nH]c1=O. The number of aromatic amines is 1. The van der Waals surface area contributed by atoms with E-state index in [1.807, 2.05) is 0 Å². The van der Waals surface area contributed by atoms with Gasteiger partial charge in [-0.2, -0.15) is 0 Å². The Morgan fingerprint density at radius 2 is 1.58 bits per heavy atom. The number of esters is 1. The maximum Gasteiger partial charge on any atom is 0.343 e. The fourth-order valence-electron chi connectivity index (χ4n) is 2.97. The zero-order valence-corrected chi connectivity index (χ0v) is 13.8. The van der Waals surface area contributed by atoms with E-state index in [0.717, 1.165) is 7.11 Å². The lowest BCUT2D eigenvalue weighted by Crippen LogP contribution is -2.23. The van der Waals surface area contributed by atoms with Gasteiger partial charge in [-0.05, 0) is 47.0 Å². The molecule has 132 valence electrons. The molecule has 0 saturated heterocycles. The number of pyridine rings is 1. The van der Waals surface area contributed by atoms with E-state index in [-0.39, 0.29) is 5.56 Å². The van der Waals surface area contributed by atoms with Crippen molar-refractivity contribution < 1.29 is 18.3 Å². The molecular formula is C20H15F2NO3. The quantitative estimate of drug-likeness (QED) is 0.727. The van der Waals surface area contributed by atoms with Crippen LogP contribution in [-0.2, 0) is 4.74 Å². The largest absolute Gasteiger partial charge is 0.465 e. The minimum absolute atomic E-state index is 0.200. The van der Waals surface area contributed by atoms with Gasteiger partial charge in [0.25, 0.3) is 5.56 Å². The number of rotatable bonds is 4. The lowest BCUT2D eigenvalue weighted by Gasteiger charge is -2.20. The zero-order valence-electron chi connectivity index (χ0n) is 13.8. The van der Waals surface area contributed by atoms with Crippen LogP contribution in [0.4, 0.5) is 8.78 Å². The van der Waals surface area contributed by atoms with Crippen LogP contribution in [0.3, 0.4) is 0 Å². The summed E-state index contributed by atoms with van der Waals surface area (Å²) in [5, 5.41) is 0. The van der Waals surface area contributed by atoms with Crippen molar-refractivity contribution in [2.75, 3.05) is 7.11 Å². The number of H-pyrrole nitrogens is 1. The van der Waals surface area contributed by atoms with Crippen LogP contribution < -0.4 is 5.56 Å². The monoisotopic (exact) mass is 355 g/mol. The Morgan fingerprint density at radius 1 is 1.00 bits per heavy atom. The van der Waals surface area contributed by atoms with Crippen molar-refractivity contribution in [3.05, 3.63) is 105 Å². The molecule has 0 atom stereocenters. The molecule has 2 aromatic carbocycles. The van der Waals surface area contributed by atoms with Crippen LogP contribution in [0.15, 0.2) is 65.6 Å². The zero-order chi connectivity index (χ0) is 18.7. The van der Waals surface area contributed by atoms with Gasteiger partial charge < -0.3 is 9.72 Å². The van der Waals surface area contributed by atoms with Gasteiger partial charge in [-0.15, -0.1) is 0 Å². The minimum atomic E-state index is -0.820. The number of hydrogen-bond donors (Lipinski definition) is 1. The molecule has 0 aliphatic rings. The van der Waals surface area contributed by atoms with Crippen molar-refractivity contribution in [3.63, 3.8) is 0 Å². The Bertz CT molecular complexity index is 968. The molecule has 3 rings (SSSR count). The van der Waals surface area contributed by atoms with E-state index < -0.39 is 29.1 Å². The number of carbonyl (C=O) groups is 1. The number of methoxy groups -OCH3 is 1. The predicted molar refractivity (Wildman–Crippen MR) is 92.1 cm³/mol. The average molecular weight is 355 g/mol. The second kappa shape index (κ2) is 7.31. The molecule has 0 amide bonds. The second-order valence-electron chi connectivity index (χ2n) is 5.67. The second-order valence-corrected chi connectivity index (χ2v) is 5.67. The van der Waals surface area contributed by atoms with Crippen molar-refractivity contribution in [1.29, 1.82) is 0 Å². The first-order valence-electron chi connectivity index (χ1n) is 7.82. The first-order chi connectivity index (χ1) is 12.5. The van der Waals surface area contributed by atoms with E-state index in [2.05, 4.69) is 4.98 Å². The summed E-state index contributed by atoms with van der Waals surface area (Å²) < 4.78 is 32.3. The third-order valence-electron chi connectivity index (χ3n) is 4.06. The van der Waals surface area contributed by atoms with E-state index in [4.69, 9.17) is 4.74 Å². The summed E-state index contributed by atoms with van der Waals surface area (Å²) in [5.74, 6) is -2.50. The molecule has 6 heteroatoms. The molecule has 1 N–H and O–H groups in total. The van der Waals surface area contributed by atoms with Crippen molar-refractivity contribution >= 4 is 5.97 Å². The van der Waals surface area contributed by atoms with E-state index >= 15 is 0 Å². The van der Waals surface area contributed by atoms with Crippen LogP contribution in [0.25, 0.3) is 0 Å². The van der Waals surface area contributed by atoms with E-state index in [0.29, 0.717) is 16.7 Å². The van der Waals surface area contributed by atoms with Gasteiger partial charge in [0.2, 0.25) is 0 Å². The molecule has 3 aromatic rings. The van der Waals surface area contributed by atoms with Crippen LogP contribution in [0, 0.1) is 11.6 Å². The van der Waals surface area contributed by atoms with E-state index in [9.17, 15) is 18.4 Å². The molecule has 0 aliphatic carbocycles. The van der Waals surface area contributed by atoms with Crippen LogP contribution >= 0.6 is 0 Å². The Hall–Kier alpha value is -3.28. The number of nitrogens with one attached hydrogen (secondary N) is 1. The van der Waals surface area contributed by atoms with Crippen LogP contribution in [-0.4, -0.2) is 18.1 Å². The fourth-order valence-corrected chi connectivity index (χ4v) is 2.97. The van der Waals surface area contributed by atoms with Crippen molar-refractivity contribution in [2.45, 2.75) is 5.92 Å². The van der Waals surface area contributed by atoms with Gasteiger partial charge in [0.1, 0.15) is 17.2 Å². The third kappa shape index (κ3) is 3.39. The molecule has 0 fully saturated rings. The highest BCUT2D eigenvalue weighted by atomic mass is 19.1. The molecule has 1 aromatic heterocycles. The summed E-state index contributed by atoms with van der Waals surface area (Å²) in [6, 6.07) is 13.0. The summed E-state index contributed by atoms with van der Waals surface area (Å²) >= 11 is 0. The Balaban J connectivity index is 2.31. The minimum Gasteiger partial charge on any atom is -0.465 e. The smallest absolute Gasteiger partial charge is 0.343 e. The van der Waals surface area contributed by atoms with Crippen molar-refractivity contribution in [2.24, 2.45) is 0 Å². The lowest BCUT2D eigenvalue weighted by atomic mass is 9.83. The molecular weight excluding hydrogens is 340 g/mol. The number of halogens is 2. The number of benzene rings is 2. The van der Waals surface area contributed by atoms with Crippen molar-refractivity contribution in [1.82, 2.24) is 4.98 Å². The van der Waals surface area contributed by atoms with Gasteiger partial charge in [-0.25, -0.2) is 13.6 Å². The van der Waals surface area contributed by atoms with Gasteiger partial charge in [-0.3, -0.25) is 4.79 Å². The normalized spacial score (nSPS) is 10.8. The first kappa shape index (κ1) is 17.5. The topological polar surface area (TPSA) is 59.2 Å². The van der Waals surface area contributed by atoms with Crippen LogP contribution in [0.1, 0.15) is 33.0 Å². The van der Waals surface area contributed by atoms with E-state index in [1.165, 1.54) is 48.7 Å². The Kier molecular flexibility index (Phi) is 4.93. The summed E-state index contributed by atoms with van der Waals surface area (Å²) in [4.78, 5) is 26.8. The summed E-state index contributed by atoms with van der Waals surface area (Å²) in [7, 11) is 1.16. The molecule has 4 nitrogen and oxygen atoms in total. The highest BCUT2D eigenvalue weighted by molar-refractivity contribution is 5.91. The standard InChI is InChI=1S/C20H15F2NO3/c1-26-20(25)18-16(8-9-23-19(18)24)17(12-4-2-6-14(21)10-12)13-5-3-7-15(22)11-13/h2-11,17H,1H3,(H,23,24). The maximum absolute atomic E-state index is 13.8. The van der Waals surface area contributed by atoms with Crippen LogP contribution in [0.2, 0.25) is 0 Å². The average Bonchev–Trinajstić information content (AvgIpc) is 2.62. The summed E-state index contributed by atoms with van der Waals surface area (Å²) in [5.41, 5.74) is 0.426. The van der Waals surface area contributed by atoms with Gasteiger partial charge in [0.15, 0.2) is 0 Å². The molecule has 0 unspecified atom stereocenters. The number of ether oxygens (including phenoxy) is 1. The highest BCUT2D eigenvalue weighted by Crippen LogP contribution is 2.33. The molecule has 1 heterocycles. The molecule has 0 radical (unpaired) electrons. The third-order valence-corrected chi connectivity index (χ3v) is 4.06. The molecule has 26 heavy (non-hydrogen) atoms. The van der Waals surface area contributed by atoms with E-state index in [1.54, 1.807) is 12.1 Å². The maximum atomic E-state index is 13.8. The summed E-state index contributed by atoms with van der Waals surface area (Å²) in [6.07, 6.45) is 1.38. The number of carbonyl (C=O) groups excluding carboxylic acids is 1. The Labute approximate surface area is 148 Å². The number of aromatic nitrogens is 1. The van der Waals surface area contributed by atoms with Gasteiger partial charge in [0.05, 0.1) is 7.11 Å². The predicted octanol–water partition coefficient (Wildman–Crippen LogP) is 3.62. The number of hydrogen-bond acceptors (Lipinski definition) is 3. The van der Waals surface area contributed by atoms with Crippen molar-refractivity contribution in [3.8, 4) is 0 Å². The molecule has 0 aliphatic heterocycles. The lowest BCUT2D eigenvalue weighted by molar-refractivity contribution is 0.0597.